The zero-order valence-corrected chi connectivity index (χ0v) is 15.3. The van der Waals surface area contributed by atoms with Gasteiger partial charge in [0.25, 0.3) is 0 Å². The van der Waals surface area contributed by atoms with E-state index in [0.717, 1.165) is 45.8 Å². The summed E-state index contributed by atoms with van der Waals surface area (Å²) in [5.74, 6) is 0.778. The molecular formula is C22H19ClN2O. The van der Waals surface area contributed by atoms with Crippen molar-refractivity contribution in [2.75, 3.05) is 5.73 Å². The normalized spacial score (nSPS) is 14.7. The van der Waals surface area contributed by atoms with Crippen LogP contribution in [0.5, 0.6) is 5.75 Å². The van der Waals surface area contributed by atoms with Gasteiger partial charge in [-0.25, -0.2) is 0 Å². The molecule has 0 atom stereocenters. The molecule has 0 radical (unpaired) electrons. The average Bonchev–Trinajstić information content (AvgIpc) is 2.80. The molecule has 4 heteroatoms. The monoisotopic (exact) mass is 362 g/mol. The van der Waals surface area contributed by atoms with Crippen LogP contribution in [0.15, 0.2) is 60.8 Å². The summed E-state index contributed by atoms with van der Waals surface area (Å²) < 4.78 is 6.03. The third kappa shape index (κ3) is 2.95. The molecule has 0 spiro atoms. The number of hydrogen-bond acceptors (Lipinski definition) is 3. The Kier molecular flexibility index (Phi) is 4.39. The van der Waals surface area contributed by atoms with E-state index in [9.17, 15) is 0 Å². The molecule has 26 heavy (non-hydrogen) atoms. The first-order valence-electron chi connectivity index (χ1n) is 8.63. The van der Waals surface area contributed by atoms with Gasteiger partial charge in [0, 0.05) is 28.0 Å². The van der Waals surface area contributed by atoms with Crippen molar-refractivity contribution in [3.8, 4) is 5.75 Å². The number of pyridine rings is 1. The van der Waals surface area contributed by atoms with Crippen molar-refractivity contribution in [3.63, 3.8) is 0 Å². The van der Waals surface area contributed by atoms with Gasteiger partial charge >= 0.3 is 0 Å². The number of rotatable bonds is 2. The number of hydrogen-bond donors (Lipinski definition) is 1. The first-order chi connectivity index (χ1) is 12.7. The molecule has 0 aliphatic carbocycles. The van der Waals surface area contributed by atoms with Crippen LogP contribution < -0.4 is 10.5 Å². The maximum atomic E-state index is 6.21. The van der Waals surface area contributed by atoms with Crippen LogP contribution in [0.4, 0.5) is 5.69 Å². The minimum absolute atomic E-state index is 0.418. The highest BCUT2D eigenvalue weighted by Crippen LogP contribution is 2.42. The van der Waals surface area contributed by atoms with Crippen molar-refractivity contribution in [3.05, 3.63) is 88.2 Å². The summed E-state index contributed by atoms with van der Waals surface area (Å²) in [6.45, 7) is 2.57. The number of aromatic nitrogens is 1. The van der Waals surface area contributed by atoms with Crippen molar-refractivity contribution >= 4 is 28.4 Å². The standard InChI is InChI=1S/C22H19ClN2O/c1-2-17(14-5-3-6-16(24)11-14)22-18-7-4-10-25-20(18)13-26-21-12-15(23)8-9-19(21)22/h3-12H,2,13,24H2,1H3/b22-17+. The van der Waals surface area contributed by atoms with Gasteiger partial charge in [-0.2, -0.15) is 0 Å². The molecule has 3 aromatic rings. The van der Waals surface area contributed by atoms with Crippen molar-refractivity contribution in [1.82, 2.24) is 4.98 Å². The number of nitrogens with zero attached hydrogens (tertiary/aromatic N) is 1. The first-order valence-corrected chi connectivity index (χ1v) is 9.01. The van der Waals surface area contributed by atoms with E-state index in [0.29, 0.717) is 11.6 Å². The Morgan fingerprint density at radius 2 is 2.00 bits per heavy atom. The van der Waals surface area contributed by atoms with Gasteiger partial charge in [-0.15, -0.1) is 0 Å². The number of allylic oxidation sites excluding steroid dienone is 1. The topological polar surface area (TPSA) is 48.1 Å². The van der Waals surface area contributed by atoms with Gasteiger partial charge in [0.1, 0.15) is 12.4 Å². The molecule has 0 bridgehead atoms. The molecule has 1 aliphatic heterocycles. The van der Waals surface area contributed by atoms with Gasteiger partial charge in [-0.05, 0) is 59.5 Å². The van der Waals surface area contributed by atoms with E-state index < -0.39 is 0 Å². The van der Waals surface area contributed by atoms with Gasteiger partial charge < -0.3 is 10.5 Å². The lowest BCUT2D eigenvalue weighted by atomic mass is 9.87. The lowest BCUT2D eigenvalue weighted by Crippen LogP contribution is -1.99. The molecule has 2 aromatic carbocycles. The van der Waals surface area contributed by atoms with Gasteiger partial charge in [-0.3, -0.25) is 4.98 Å². The summed E-state index contributed by atoms with van der Waals surface area (Å²) in [6.07, 6.45) is 2.66. The number of fused-ring (bicyclic) bond motifs is 2. The van der Waals surface area contributed by atoms with Crippen LogP contribution in [0.25, 0.3) is 11.1 Å². The van der Waals surface area contributed by atoms with E-state index in [-0.39, 0.29) is 0 Å². The van der Waals surface area contributed by atoms with Crippen LogP contribution in [0.3, 0.4) is 0 Å². The maximum absolute atomic E-state index is 6.21. The van der Waals surface area contributed by atoms with E-state index in [1.807, 2.05) is 42.5 Å². The van der Waals surface area contributed by atoms with Crippen LogP contribution in [-0.4, -0.2) is 4.98 Å². The molecule has 1 aromatic heterocycles. The fourth-order valence-corrected chi connectivity index (χ4v) is 3.63. The van der Waals surface area contributed by atoms with Crippen molar-refractivity contribution in [2.45, 2.75) is 20.0 Å². The van der Waals surface area contributed by atoms with E-state index in [4.69, 9.17) is 22.1 Å². The molecule has 0 unspecified atom stereocenters. The number of benzene rings is 2. The maximum Gasteiger partial charge on any atom is 0.131 e. The molecule has 2 N–H and O–H groups in total. The molecule has 2 heterocycles. The van der Waals surface area contributed by atoms with Crippen molar-refractivity contribution < 1.29 is 4.74 Å². The van der Waals surface area contributed by atoms with Crippen molar-refractivity contribution in [2.24, 2.45) is 0 Å². The highest BCUT2D eigenvalue weighted by Gasteiger charge is 2.23. The molecule has 0 fully saturated rings. The third-order valence-corrected chi connectivity index (χ3v) is 4.86. The number of nitrogen functional groups attached to an aromatic ring is 1. The number of ether oxygens (including phenoxy) is 1. The van der Waals surface area contributed by atoms with E-state index in [1.54, 1.807) is 6.20 Å². The van der Waals surface area contributed by atoms with Crippen LogP contribution in [0, 0.1) is 0 Å². The fraction of sp³-hybridized carbons (Fsp3) is 0.136. The van der Waals surface area contributed by atoms with Crippen LogP contribution in [-0.2, 0) is 6.61 Å². The van der Waals surface area contributed by atoms with Gasteiger partial charge in [0.15, 0.2) is 0 Å². The molecule has 0 saturated carbocycles. The predicted molar refractivity (Wildman–Crippen MR) is 107 cm³/mol. The Morgan fingerprint density at radius 3 is 2.81 bits per heavy atom. The zero-order valence-electron chi connectivity index (χ0n) is 14.5. The highest BCUT2D eigenvalue weighted by molar-refractivity contribution is 6.30. The summed E-state index contributed by atoms with van der Waals surface area (Å²) in [7, 11) is 0. The van der Waals surface area contributed by atoms with Crippen molar-refractivity contribution in [1.29, 1.82) is 0 Å². The average molecular weight is 363 g/mol. The summed E-state index contributed by atoms with van der Waals surface area (Å²) in [5, 5.41) is 0.656. The minimum Gasteiger partial charge on any atom is -0.487 e. The Balaban J connectivity index is 2.07. The Labute approximate surface area is 158 Å². The number of halogens is 1. The summed E-state index contributed by atoms with van der Waals surface area (Å²) in [5.41, 5.74) is 13.3. The van der Waals surface area contributed by atoms with Crippen LogP contribution in [0.2, 0.25) is 5.02 Å². The second-order valence-corrected chi connectivity index (χ2v) is 6.70. The SMILES string of the molecule is CC/C(=C1\c2ccc(Cl)cc2OCc2ncccc21)c1cccc(N)c1. The van der Waals surface area contributed by atoms with Crippen LogP contribution >= 0.6 is 11.6 Å². The van der Waals surface area contributed by atoms with E-state index in [2.05, 4.69) is 24.0 Å². The predicted octanol–water partition coefficient (Wildman–Crippen LogP) is 5.58. The molecule has 3 nitrogen and oxygen atoms in total. The number of nitrogens with two attached hydrogens (primary N) is 1. The fourth-order valence-electron chi connectivity index (χ4n) is 3.47. The molecule has 130 valence electrons. The third-order valence-electron chi connectivity index (χ3n) is 4.63. The summed E-state index contributed by atoms with van der Waals surface area (Å²) in [4.78, 5) is 4.55. The minimum atomic E-state index is 0.418. The largest absolute Gasteiger partial charge is 0.487 e. The molecule has 0 amide bonds. The molecule has 0 saturated heterocycles. The summed E-state index contributed by atoms with van der Waals surface area (Å²) in [6, 6.07) is 17.9. The smallest absolute Gasteiger partial charge is 0.131 e. The quantitative estimate of drug-likeness (QED) is 0.605. The lowest BCUT2D eigenvalue weighted by molar-refractivity contribution is 0.302. The second-order valence-electron chi connectivity index (χ2n) is 6.26. The summed E-state index contributed by atoms with van der Waals surface area (Å²) >= 11 is 6.21. The van der Waals surface area contributed by atoms with E-state index in [1.165, 1.54) is 5.57 Å². The van der Waals surface area contributed by atoms with Gasteiger partial charge in [-0.1, -0.05) is 36.7 Å². The first kappa shape index (κ1) is 16.7. The Bertz CT molecular complexity index is 1010. The second kappa shape index (κ2) is 6.85. The number of anilines is 1. The lowest BCUT2D eigenvalue weighted by Gasteiger charge is -2.17. The Hall–Kier alpha value is -2.78. The van der Waals surface area contributed by atoms with Gasteiger partial charge in [0.2, 0.25) is 0 Å². The molecule has 4 rings (SSSR count). The highest BCUT2D eigenvalue weighted by atomic mass is 35.5. The zero-order chi connectivity index (χ0) is 18.1. The molecular weight excluding hydrogens is 344 g/mol. The van der Waals surface area contributed by atoms with Crippen LogP contribution in [0.1, 0.15) is 35.7 Å². The van der Waals surface area contributed by atoms with E-state index >= 15 is 0 Å². The molecule has 1 aliphatic rings. The Morgan fingerprint density at radius 1 is 1.12 bits per heavy atom. The van der Waals surface area contributed by atoms with Gasteiger partial charge in [0.05, 0.1) is 5.69 Å².